The van der Waals surface area contributed by atoms with Gasteiger partial charge in [0, 0.05) is 35.7 Å². The van der Waals surface area contributed by atoms with Gasteiger partial charge in [-0.25, -0.2) is 0 Å². The average Bonchev–Trinajstić information content (AvgIpc) is 2.53. The molecule has 106 valence electrons. The minimum atomic E-state index is 0.827. The third-order valence-electron chi connectivity index (χ3n) is 3.32. The molecular weight excluding hydrogens is 330 g/mol. The van der Waals surface area contributed by atoms with Gasteiger partial charge in [-0.3, -0.25) is 9.97 Å². The number of halogens is 1. The summed E-state index contributed by atoms with van der Waals surface area (Å²) < 4.78 is 6.20. The first kappa shape index (κ1) is 13.8. The molecule has 2 heterocycles. The Morgan fingerprint density at radius 2 is 2.00 bits per heavy atom. The van der Waals surface area contributed by atoms with Crippen molar-refractivity contribution in [2.24, 2.45) is 0 Å². The molecule has 0 aliphatic heterocycles. The maximum absolute atomic E-state index is 5.28. The number of hydrogen-bond donors (Lipinski definition) is 0. The minimum Gasteiger partial charge on any atom is -0.497 e. The lowest BCUT2D eigenvalue weighted by atomic mass is 10.2. The van der Waals surface area contributed by atoms with Crippen LogP contribution in [0.1, 0.15) is 0 Å². The van der Waals surface area contributed by atoms with E-state index in [0.29, 0.717) is 0 Å². The molecule has 5 heteroatoms. The number of rotatable bonds is 3. The molecule has 0 spiro atoms. The van der Waals surface area contributed by atoms with Gasteiger partial charge in [0.15, 0.2) is 0 Å². The van der Waals surface area contributed by atoms with Crippen LogP contribution in [0.4, 0.5) is 11.4 Å². The monoisotopic (exact) mass is 343 g/mol. The summed E-state index contributed by atoms with van der Waals surface area (Å²) in [6.07, 6.45) is 3.58. The van der Waals surface area contributed by atoms with Gasteiger partial charge in [-0.15, -0.1) is 0 Å². The lowest BCUT2D eigenvalue weighted by Crippen LogP contribution is -2.10. The van der Waals surface area contributed by atoms with Crippen LogP contribution in [0.5, 0.6) is 5.75 Å². The molecule has 1 aromatic carbocycles. The van der Waals surface area contributed by atoms with E-state index in [4.69, 9.17) is 4.74 Å². The second-order valence-electron chi connectivity index (χ2n) is 4.61. The van der Waals surface area contributed by atoms with Crippen LogP contribution in [-0.2, 0) is 0 Å². The van der Waals surface area contributed by atoms with E-state index in [2.05, 4.69) is 30.8 Å². The fraction of sp³-hybridized carbons (Fsp3) is 0.125. The number of benzene rings is 1. The molecule has 2 aromatic heterocycles. The summed E-state index contributed by atoms with van der Waals surface area (Å²) in [5.41, 5.74) is 3.76. The number of anilines is 2. The van der Waals surface area contributed by atoms with Crippen LogP contribution < -0.4 is 9.64 Å². The summed E-state index contributed by atoms with van der Waals surface area (Å²) in [6.45, 7) is 0. The fourth-order valence-electron chi connectivity index (χ4n) is 2.22. The standard InChI is InChI=1S/C16H14BrN3O/c1-20(12-4-3-5-13(9-12)21-2)15-6-7-18-14-8-11(17)10-19-16(14)15/h3-10H,1-2H3. The van der Waals surface area contributed by atoms with Crippen molar-refractivity contribution in [3.63, 3.8) is 0 Å². The molecule has 3 rings (SSSR count). The molecule has 4 nitrogen and oxygen atoms in total. The topological polar surface area (TPSA) is 38.2 Å². The molecule has 0 fully saturated rings. The van der Waals surface area contributed by atoms with Gasteiger partial charge in [0.2, 0.25) is 0 Å². The lowest BCUT2D eigenvalue weighted by Gasteiger charge is -2.21. The normalized spacial score (nSPS) is 10.6. The van der Waals surface area contributed by atoms with Gasteiger partial charge in [0.1, 0.15) is 11.3 Å². The molecule has 0 aliphatic rings. The summed E-state index contributed by atoms with van der Waals surface area (Å²) in [5, 5.41) is 0. The first-order valence-electron chi connectivity index (χ1n) is 6.47. The Morgan fingerprint density at radius 3 is 2.81 bits per heavy atom. The van der Waals surface area contributed by atoms with E-state index in [1.807, 2.05) is 43.4 Å². The third-order valence-corrected chi connectivity index (χ3v) is 3.76. The summed E-state index contributed by atoms with van der Waals surface area (Å²) >= 11 is 3.43. The van der Waals surface area contributed by atoms with Crippen molar-refractivity contribution in [3.05, 3.63) is 53.3 Å². The predicted octanol–water partition coefficient (Wildman–Crippen LogP) is 4.17. The zero-order chi connectivity index (χ0) is 14.8. The largest absolute Gasteiger partial charge is 0.497 e. The second-order valence-corrected chi connectivity index (χ2v) is 5.53. The van der Waals surface area contributed by atoms with E-state index in [0.717, 1.165) is 32.6 Å². The Morgan fingerprint density at radius 1 is 1.14 bits per heavy atom. The first-order valence-corrected chi connectivity index (χ1v) is 7.26. The maximum Gasteiger partial charge on any atom is 0.120 e. The number of ether oxygens (including phenoxy) is 1. The van der Waals surface area contributed by atoms with Crippen LogP contribution >= 0.6 is 15.9 Å². The highest BCUT2D eigenvalue weighted by atomic mass is 79.9. The molecule has 0 saturated carbocycles. The molecule has 0 amide bonds. The highest BCUT2D eigenvalue weighted by Gasteiger charge is 2.10. The van der Waals surface area contributed by atoms with Crippen molar-refractivity contribution < 1.29 is 4.74 Å². The van der Waals surface area contributed by atoms with Gasteiger partial charge < -0.3 is 9.64 Å². The molecular formula is C16H14BrN3O. The van der Waals surface area contributed by atoms with Gasteiger partial charge in [-0.2, -0.15) is 0 Å². The summed E-state index contributed by atoms with van der Waals surface area (Å²) in [7, 11) is 3.67. The van der Waals surface area contributed by atoms with E-state index in [1.165, 1.54) is 0 Å². The van der Waals surface area contributed by atoms with E-state index < -0.39 is 0 Å². The quantitative estimate of drug-likeness (QED) is 0.715. The highest BCUT2D eigenvalue weighted by molar-refractivity contribution is 9.10. The van der Waals surface area contributed by atoms with Gasteiger partial charge in [-0.1, -0.05) is 6.07 Å². The zero-order valence-electron chi connectivity index (χ0n) is 11.7. The molecule has 0 saturated heterocycles. The van der Waals surface area contributed by atoms with Crippen molar-refractivity contribution in [3.8, 4) is 5.75 Å². The SMILES string of the molecule is COc1cccc(N(C)c2ccnc3cc(Br)cnc23)c1. The molecule has 0 bridgehead atoms. The fourth-order valence-corrected chi connectivity index (χ4v) is 2.54. The van der Waals surface area contributed by atoms with E-state index in [9.17, 15) is 0 Å². The summed E-state index contributed by atoms with van der Waals surface area (Å²) in [6, 6.07) is 11.8. The Kier molecular flexibility index (Phi) is 3.75. The van der Waals surface area contributed by atoms with Crippen LogP contribution in [0.25, 0.3) is 11.0 Å². The first-order chi connectivity index (χ1) is 10.2. The second kappa shape index (κ2) is 5.69. The number of pyridine rings is 2. The van der Waals surface area contributed by atoms with E-state index in [1.54, 1.807) is 19.5 Å². The lowest BCUT2D eigenvalue weighted by molar-refractivity contribution is 0.415. The molecule has 21 heavy (non-hydrogen) atoms. The third kappa shape index (κ3) is 2.69. The minimum absolute atomic E-state index is 0.827. The van der Waals surface area contributed by atoms with Crippen LogP contribution in [0.2, 0.25) is 0 Å². The van der Waals surface area contributed by atoms with Crippen molar-refractivity contribution in [2.45, 2.75) is 0 Å². The number of hydrogen-bond acceptors (Lipinski definition) is 4. The number of nitrogens with zero attached hydrogens (tertiary/aromatic N) is 3. The van der Waals surface area contributed by atoms with Gasteiger partial charge in [0.25, 0.3) is 0 Å². The van der Waals surface area contributed by atoms with Crippen molar-refractivity contribution in [1.82, 2.24) is 9.97 Å². The van der Waals surface area contributed by atoms with Crippen molar-refractivity contribution in [1.29, 1.82) is 0 Å². The Balaban J connectivity index is 2.10. The van der Waals surface area contributed by atoms with Gasteiger partial charge in [0.05, 0.1) is 18.3 Å². The molecule has 0 radical (unpaired) electrons. The number of fused-ring (bicyclic) bond motifs is 1. The van der Waals surface area contributed by atoms with E-state index >= 15 is 0 Å². The Labute approximate surface area is 131 Å². The summed E-state index contributed by atoms with van der Waals surface area (Å²) in [4.78, 5) is 10.9. The molecule has 0 N–H and O–H groups in total. The Bertz CT molecular complexity index is 791. The Hall–Kier alpha value is -2.14. The van der Waals surface area contributed by atoms with Crippen LogP contribution in [-0.4, -0.2) is 24.1 Å². The van der Waals surface area contributed by atoms with Crippen LogP contribution in [0, 0.1) is 0 Å². The molecule has 0 unspecified atom stereocenters. The van der Waals surface area contributed by atoms with Crippen LogP contribution in [0.3, 0.4) is 0 Å². The molecule has 3 aromatic rings. The summed E-state index contributed by atoms with van der Waals surface area (Å²) in [5.74, 6) is 0.827. The number of methoxy groups -OCH3 is 1. The molecule has 0 aliphatic carbocycles. The molecule has 0 atom stereocenters. The van der Waals surface area contributed by atoms with Crippen molar-refractivity contribution in [2.75, 3.05) is 19.1 Å². The zero-order valence-corrected chi connectivity index (χ0v) is 13.3. The van der Waals surface area contributed by atoms with Gasteiger partial charge in [-0.05, 0) is 40.2 Å². The smallest absolute Gasteiger partial charge is 0.120 e. The number of aromatic nitrogens is 2. The average molecular weight is 344 g/mol. The highest BCUT2D eigenvalue weighted by Crippen LogP contribution is 2.31. The van der Waals surface area contributed by atoms with Crippen LogP contribution in [0.15, 0.2) is 53.3 Å². The van der Waals surface area contributed by atoms with E-state index in [-0.39, 0.29) is 0 Å². The van der Waals surface area contributed by atoms with Gasteiger partial charge >= 0.3 is 0 Å². The predicted molar refractivity (Wildman–Crippen MR) is 88.3 cm³/mol. The van der Waals surface area contributed by atoms with Crippen molar-refractivity contribution >= 4 is 38.3 Å². The maximum atomic E-state index is 5.28.